The van der Waals surface area contributed by atoms with Gasteiger partial charge < -0.3 is 14.4 Å². The molecule has 0 bridgehead atoms. The Morgan fingerprint density at radius 2 is 1.94 bits per heavy atom. The van der Waals surface area contributed by atoms with Crippen LogP contribution in [0.2, 0.25) is 0 Å². The maximum Gasteiger partial charge on any atom is 0.411 e. The molecule has 1 atom stereocenters. The topological polar surface area (TPSA) is 79.6 Å². The zero-order valence-corrected chi connectivity index (χ0v) is 9.14. The molecule has 0 N–H and O–H groups in total. The molecule has 0 saturated carbocycles. The van der Waals surface area contributed by atoms with Crippen molar-refractivity contribution in [1.29, 1.82) is 5.26 Å². The molecule has 0 aromatic heterocycles. The van der Waals surface area contributed by atoms with Crippen LogP contribution in [0.4, 0.5) is 4.79 Å². The average molecular weight is 226 g/mol. The van der Waals surface area contributed by atoms with Crippen LogP contribution < -0.4 is 0 Å². The first-order valence-electron chi connectivity index (χ1n) is 5.12. The minimum absolute atomic E-state index is 0.609. The van der Waals surface area contributed by atoms with Gasteiger partial charge in [0.1, 0.15) is 6.07 Å². The van der Waals surface area contributed by atoms with Crippen molar-refractivity contribution in [3.05, 3.63) is 0 Å². The van der Waals surface area contributed by atoms with Crippen LogP contribution in [0.3, 0.4) is 0 Å². The third-order valence-corrected chi connectivity index (χ3v) is 2.37. The molecule has 0 spiro atoms. The number of esters is 1. The molecule has 16 heavy (non-hydrogen) atoms. The molecule has 0 aromatic rings. The fourth-order valence-electron chi connectivity index (χ4n) is 1.49. The second-order valence-corrected chi connectivity index (χ2v) is 3.46. The smallest absolute Gasteiger partial charge is 0.411 e. The number of methoxy groups -OCH3 is 1. The number of carbonyl (C=O) groups is 2. The molecule has 1 saturated heterocycles. The van der Waals surface area contributed by atoms with E-state index in [1.54, 1.807) is 6.07 Å². The van der Waals surface area contributed by atoms with E-state index in [1.165, 1.54) is 4.90 Å². The Labute approximate surface area is 93.7 Å². The van der Waals surface area contributed by atoms with Gasteiger partial charge in [0, 0.05) is 13.1 Å². The zero-order chi connectivity index (χ0) is 12.0. The molecule has 1 heterocycles. The fraction of sp³-hybridized carbons (Fsp3) is 0.700. The van der Waals surface area contributed by atoms with Gasteiger partial charge in [-0.05, 0) is 19.3 Å². The van der Waals surface area contributed by atoms with Gasteiger partial charge in [-0.1, -0.05) is 0 Å². The predicted octanol–water partition coefficient (Wildman–Crippen LogP) is 0.674. The maximum absolute atomic E-state index is 11.5. The molecule has 1 unspecified atom stereocenters. The molecule has 0 aromatic carbocycles. The van der Waals surface area contributed by atoms with Gasteiger partial charge in [-0.15, -0.1) is 0 Å². The number of hydrogen-bond acceptors (Lipinski definition) is 5. The predicted molar refractivity (Wildman–Crippen MR) is 53.3 cm³/mol. The number of likely N-dealkylation sites (tertiary alicyclic amines) is 1. The largest absolute Gasteiger partial charge is 0.465 e. The quantitative estimate of drug-likeness (QED) is 0.646. The summed E-state index contributed by atoms with van der Waals surface area (Å²) in [5, 5.41) is 8.63. The van der Waals surface area contributed by atoms with Gasteiger partial charge in [0.2, 0.25) is 0 Å². The van der Waals surface area contributed by atoms with E-state index >= 15 is 0 Å². The summed E-state index contributed by atoms with van der Waals surface area (Å²) in [6.07, 6.45) is 0.827. The maximum atomic E-state index is 11.5. The van der Waals surface area contributed by atoms with E-state index in [-0.39, 0.29) is 0 Å². The lowest BCUT2D eigenvalue weighted by Crippen LogP contribution is -2.39. The van der Waals surface area contributed by atoms with Crippen molar-refractivity contribution in [2.75, 3.05) is 20.2 Å². The Bertz CT molecular complexity index is 304. The van der Waals surface area contributed by atoms with Crippen LogP contribution in [-0.4, -0.2) is 43.3 Å². The van der Waals surface area contributed by atoms with Gasteiger partial charge in [-0.3, -0.25) is 0 Å². The minimum atomic E-state index is -1.47. The van der Waals surface area contributed by atoms with Crippen LogP contribution in [0, 0.1) is 11.3 Å². The van der Waals surface area contributed by atoms with Crippen molar-refractivity contribution in [2.45, 2.75) is 25.4 Å². The summed E-state index contributed by atoms with van der Waals surface area (Å²) in [6, 6.07) is 1.58. The molecular weight excluding hydrogens is 212 g/mol. The molecular formula is C10H14N2O4. The standard InChI is InChI=1S/C10H14N2O4/c1-15-9(13)8(7-11)16-10(14)12-5-3-2-4-6-12/h8H,2-6H2,1H3. The highest BCUT2D eigenvalue weighted by atomic mass is 16.6. The van der Waals surface area contributed by atoms with Gasteiger partial charge >= 0.3 is 12.1 Å². The number of nitrogens with zero attached hydrogens (tertiary/aromatic N) is 2. The normalized spacial score (nSPS) is 17.1. The monoisotopic (exact) mass is 226 g/mol. The summed E-state index contributed by atoms with van der Waals surface area (Å²) >= 11 is 0. The Balaban J connectivity index is 2.48. The molecule has 88 valence electrons. The Hall–Kier alpha value is -1.77. The van der Waals surface area contributed by atoms with Gasteiger partial charge in [-0.2, -0.15) is 5.26 Å². The van der Waals surface area contributed by atoms with E-state index in [2.05, 4.69) is 4.74 Å². The molecule has 0 radical (unpaired) electrons. The van der Waals surface area contributed by atoms with Crippen molar-refractivity contribution < 1.29 is 19.1 Å². The summed E-state index contributed by atoms with van der Waals surface area (Å²) in [4.78, 5) is 24.1. The van der Waals surface area contributed by atoms with E-state index < -0.39 is 18.2 Å². The van der Waals surface area contributed by atoms with E-state index in [0.717, 1.165) is 26.4 Å². The van der Waals surface area contributed by atoms with E-state index in [9.17, 15) is 9.59 Å². The van der Waals surface area contributed by atoms with Gasteiger partial charge in [-0.25, -0.2) is 9.59 Å². The first kappa shape index (κ1) is 12.3. The number of amides is 1. The summed E-state index contributed by atoms with van der Waals surface area (Å²) in [6.45, 7) is 1.22. The van der Waals surface area contributed by atoms with Crippen molar-refractivity contribution >= 4 is 12.1 Å². The van der Waals surface area contributed by atoms with Crippen molar-refractivity contribution in [2.24, 2.45) is 0 Å². The van der Waals surface area contributed by atoms with E-state index in [4.69, 9.17) is 10.00 Å². The number of ether oxygens (including phenoxy) is 2. The Kier molecular flexibility index (Phi) is 4.58. The van der Waals surface area contributed by atoms with Gasteiger partial charge in [0.05, 0.1) is 7.11 Å². The third-order valence-electron chi connectivity index (χ3n) is 2.37. The van der Waals surface area contributed by atoms with Crippen LogP contribution in [0.15, 0.2) is 0 Å². The first-order chi connectivity index (χ1) is 7.69. The van der Waals surface area contributed by atoms with Crippen molar-refractivity contribution in [3.8, 4) is 6.07 Å². The van der Waals surface area contributed by atoms with Crippen LogP contribution in [0.25, 0.3) is 0 Å². The SMILES string of the molecule is COC(=O)C(C#N)OC(=O)N1CCCCC1. The lowest BCUT2D eigenvalue weighted by Gasteiger charge is -2.26. The molecule has 1 aliphatic heterocycles. The average Bonchev–Trinajstić information content (AvgIpc) is 2.35. The second kappa shape index (κ2) is 5.95. The Morgan fingerprint density at radius 1 is 1.31 bits per heavy atom. The number of hydrogen-bond donors (Lipinski definition) is 0. The third kappa shape index (κ3) is 3.12. The highest BCUT2D eigenvalue weighted by molar-refractivity contribution is 5.81. The Morgan fingerprint density at radius 3 is 2.44 bits per heavy atom. The van der Waals surface area contributed by atoms with Gasteiger partial charge in [0.25, 0.3) is 6.10 Å². The number of nitriles is 1. The van der Waals surface area contributed by atoms with Crippen molar-refractivity contribution in [3.63, 3.8) is 0 Å². The number of carbonyl (C=O) groups excluding carboxylic acids is 2. The lowest BCUT2D eigenvalue weighted by atomic mass is 10.1. The van der Waals surface area contributed by atoms with Gasteiger partial charge in [0.15, 0.2) is 0 Å². The summed E-state index contributed by atoms with van der Waals surface area (Å²) in [5.41, 5.74) is 0. The zero-order valence-electron chi connectivity index (χ0n) is 9.14. The number of piperidine rings is 1. The van der Waals surface area contributed by atoms with Crippen LogP contribution in [-0.2, 0) is 14.3 Å². The highest BCUT2D eigenvalue weighted by Gasteiger charge is 2.26. The molecule has 6 nitrogen and oxygen atoms in total. The van der Waals surface area contributed by atoms with Crippen LogP contribution in [0.1, 0.15) is 19.3 Å². The van der Waals surface area contributed by atoms with Crippen LogP contribution >= 0.6 is 0 Å². The van der Waals surface area contributed by atoms with E-state index in [0.29, 0.717) is 13.1 Å². The molecule has 1 fully saturated rings. The highest BCUT2D eigenvalue weighted by Crippen LogP contribution is 2.10. The molecule has 1 amide bonds. The second-order valence-electron chi connectivity index (χ2n) is 3.46. The van der Waals surface area contributed by atoms with Crippen LogP contribution in [0.5, 0.6) is 0 Å². The van der Waals surface area contributed by atoms with E-state index in [1.807, 2.05) is 0 Å². The van der Waals surface area contributed by atoms with Crippen molar-refractivity contribution in [1.82, 2.24) is 4.90 Å². The summed E-state index contributed by atoms with van der Waals surface area (Å²) < 4.78 is 9.08. The summed E-state index contributed by atoms with van der Waals surface area (Å²) in [7, 11) is 1.14. The molecule has 6 heteroatoms. The minimum Gasteiger partial charge on any atom is -0.465 e. The summed E-state index contributed by atoms with van der Waals surface area (Å²) in [5.74, 6) is -0.854. The molecule has 1 rings (SSSR count). The first-order valence-corrected chi connectivity index (χ1v) is 5.12. The number of rotatable bonds is 2. The lowest BCUT2D eigenvalue weighted by molar-refractivity contribution is -0.148. The molecule has 0 aliphatic carbocycles. The fourth-order valence-corrected chi connectivity index (χ4v) is 1.49. The molecule has 1 aliphatic rings.